The molecule has 1 atom stereocenters. The van der Waals surface area contributed by atoms with Gasteiger partial charge in [-0.25, -0.2) is 5.06 Å². The lowest BCUT2D eigenvalue weighted by Gasteiger charge is -2.34. The Morgan fingerprint density at radius 3 is 2.91 bits per heavy atom. The van der Waals surface area contributed by atoms with E-state index in [2.05, 4.69) is 6.92 Å². The van der Waals surface area contributed by atoms with Gasteiger partial charge in [-0.05, 0) is 6.42 Å². The van der Waals surface area contributed by atoms with Crippen LogP contribution in [-0.2, 0) is 9.63 Å². The van der Waals surface area contributed by atoms with Gasteiger partial charge in [-0.1, -0.05) is 20.3 Å². The quantitative estimate of drug-likeness (QED) is 0.453. The molecule has 0 aromatic rings. The number of nitrogens with zero attached hydrogens (tertiary/aromatic N) is 1. The third kappa shape index (κ3) is 1.93. The van der Waals surface area contributed by atoms with E-state index in [1.54, 1.807) is 0 Å². The lowest BCUT2D eigenvalue weighted by molar-refractivity contribution is -0.219. The minimum absolute atomic E-state index is 0.126. The summed E-state index contributed by atoms with van der Waals surface area (Å²) in [6.45, 7) is 5.46. The molecule has 0 unspecified atom stereocenters. The third-order valence-corrected chi connectivity index (χ3v) is 1.85. The topological polar surface area (TPSA) is 29.5 Å². The van der Waals surface area contributed by atoms with E-state index in [4.69, 9.17) is 4.84 Å². The Balaban J connectivity index is 2.06. The Morgan fingerprint density at radius 2 is 2.45 bits per heavy atom. The van der Waals surface area contributed by atoms with Crippen LogP contribution in [0.2, 0.25) is 0 Å². The summed E-state index contributed by atoms with van der Waals surface area (Å²) in [5.74, 6) is 0.303. The molecule has 3 heteroatoms. The van der Waals surface area contributed by atoms with Crippen LogP contribution in [0.4, 0.5) is 0 Å². The first-order chi connectivity index (χ1) is 5.25. The molecule has 1 heterocycles. The maximum Gasteiger partial charge on any atom is 0.250 e. The van der Waals surface area contributed by atoms with Crippen molar-refractivity contribution < 1.29 is 9.63 Å². The van der Waals surface area contributed by atoms with E-state index in [-0.39, 0.29) is 11.8 Å². The van der Waals surface area contributed by atoms with E-state index in [1.165, 1.54) is 5.06 Å². The Kier molecular flexibility index (Phi) is 2.88. The minimum Gasteiger partial charge on any atom is -0.272 e. The van der Waals surface area contributed by atoms with Gasteiger partial charge < -0.3 is 0 Å². The predicted molar refractivity (Wildman–Crippen MR) is 41.7 cm³/mol. The van der Waals surface area contributed by atoms with Gasteiger partial charge in [0.15, 0.2) is 0 Å². The smallest absolute Gasteiger partial charge is 0.250 e. The molecule has 1 aliphatic heterocycles. The van der Waals surface area contributed by atoms with Crippen LogP contribution >= 0.6 is 0 Å². The normalized spacial score (nSPS) is 23.6. The molecule has 0 radical (unpaired) electrons. The van der Waals surface area contributed by atoms with E-state index < -0.39 is 0 Å². The highest BCUT2D eigenvalue weighted by Gasteiger charge is 2.33. The van der Waals surface area contributed by atoms with Crippen molar-refractivity contribution in [2.24, 2.45) is 5.92 Å². The summed E-state index contributed by atoms with van der Waals surface area (Å²) < 4.78 is 0. The number of carbonyl (C=O) groups is 1. The van der Waals surface area contributed by atoms with Crippen molar-refractivity contribution in [2.75, 3.05) is 13.2 Å². The fourth-order valence-corrected chi connectivity index (χ4v) is 0.986. The van der Waals surface area contributed by atoms with E-state index in [1.807, 2.05) is 6.92 Å². The third-order valence-electron chi connectivity index (χ3n) is 1.85. The molecule has 1 rings (SSSR count). The molecule has 0 spiro atoms. The van der Waals surface area contributed by atoms with Gasteiger partial charge in [-0.3, -0.25) is 9.63 Å². The predicted octanol–water partition coefficient (Wildman–Crippen LogP) is 1.20. The molecule has 0 bridgehead atoms. The molecule has 0 aromatic carbocycles. The summed E-state index contributed by atoms with van der Waals surface area (Å²) in [4.78, 5) is 16.1. The Bertz CT molecular complexity index is 147. The lowest BCUT2D eigenvalue weighted by atomic mass is 10.1. The molecule has 1 aliphatic rings. The number of carbonyl (C=O) groups excluding carboxylic acids is 1. The van der Waals surface area contributed by atoms with Gasteiger partial charge in [0.05, 0.1) is 19.1 Å². The second-order valence-electron chi connectivity index (χ2n) is 2.99. The fourth-order valence-electron chi connectivity index (χ4n) is 0.986. The Labute approximate surface area is 67.3 Å². The summed E-state index contributed by atoms with van der Waals surface area (Å²) in [6, 6.07) is 0. The fraction of sp³-hybridized carbons (Fsp3) is 0.875. The van der Waals surface area contributed by atoms with Crippen molar-refractivity contribution in [3.63, 3.8) is 0 Å². The van der Waals surface area contributed by atoms with Crippen LogP contribution in [0.5, 0.6) is 0 Å². The molecule has 0 aromatic heterocycles. The lowest BCUT2D eigenvalue weighted by Crippen LogP contribution is -2.50. The number of rotatable bonds is 4. The number of hydrogen-bond donors (Lipinski definition) is 0. The highest BCUT2D eigenvalue weighted by atomic mass is 16.7. The van der Waals surface area contributed by atoms with Crippen molar-refractivity contribution in [1.82, 2.24) is 5.06 Å². The number of β-lactam (4-membered cyclic amide) rings is 1. The Hall–Kier alpha value is -0.570. The highest BCUT2D eigenvalue weighted by molar-refractivity contribution is 5.82. The average Bonchev–Trinajstić information content (AvgIpc) is 2.03. The zero-order valence-corrected chi connectivity index (χ0v) is 7.17. The highest BCUT2D eigenvalue weighted by Crippen LogP contribution is 2.16. The molecule has 1 amide bonds. The maximum absolute atomic E-state index is 11.0. The summed E-state index contributed by atoms with van der Waals surface area (Å²) in [5, 5.41) is 1.46. The van der Waals surface area contributed by atoms with E-state index >= 15 is 0 Å². The van der Waals surface area contributed by atoms with Crippen LogP contribution in [-0.4, -0.2) is 24.1 Å². The SMILES string of the molecule is CCCCON1C[C@@H](C)C1=O. The summed E-state index contributed by atoms with van der Waals surface area (Å²) in [5.41, 5.74) is 0. The van der Waals surface area contributed by atoms with Crippen LogP contribution in [0.3, 0.4) is 0 Å². The monoisotopic (exact) mass is 157 g/mol. The van der Waals surface area contributed by atoms with Gasteiger partial charge in [0.1, 0.15) is 0 Å². The maximum atomic E-state index is 11.0. The first kappa shape index (κ1) is 8.53. The zero-order chi connectivity index (χ0) is 8.27. The van der Waals surface area contributed by atoms with Gasteiger partial charge in [-0.2, -0.15) is 0 Å². The van der Waals surface area contributed by atoms with Crippen LogP contribution < -0.4 is 0 Å². The van der Waals surface area contributed by atoms with Gasteiger partial charge in [0, 0.05) is 0 Å². The van der Waals surface area contributed by atoms with Crippen LogP contribution in [0, 0.1) is 5.92 Å². The molecule has 1 saturated heterocycles. The molecule has 11 heavy (non-hydrogen) atoms. The van der Waals surface area contributed by atoms with Crippen LogP contribution in [0.15, 0.2) is 0 Å². The number of unbranched alkanes of at least 4 members (excludes halogenated alkanes) is 1. The van der Waals surface area contributed by atoms with Gasteiger partial charge in [-0.15, -0.1) is 0 Å². The Morgan fingerprint density at radius 1 is 1.73 bits per heavy atom. The summed E-state index contributed by atoms with van der Waals surface area (Å²) in [7, 11) is 0. The minimum atomic E-state index is 0.126. The molecule has 0 N–H and O–H groups in total. The number of amides is 1. The average molecular weight is 157 g/mol. The molecule has 1 fully saturated rings. The molecule has 3 nitrogen and oxygen atoms in total. The molecule has 0 aliphatic carbocycles. The number of hydrogen-bond acceptors (Lipinski definition) is 2. The number of hydroxylamine groups is 2. The van der Waals surface area contributed by atoms with Crippen molar-refractivity contribution in [1.29, 1.82) is 0 Å². The van der Waals surface area contributed by atoms with Crippen molar-refractivity contribution in [3.8, 4) is 0 Å². The standard InChI is InChI=1S/C8H15NO2/c1-3-4-5-11-9-6-7(2)8(9)10/h7H,3-6H2,1-2H3/t7-/m1/s1. The van der Waals surface area contributed by atoms with Crippen molar-refractivity contribution in [2.45, 2.75) is 26.7 Å². The van der Waals surface area contributed by atoms with Gasteiger partial charge in [0.2, 0.25) is 0 Å². The van der Waals surface area contributed by atoms with Crippen molar-refractivity contribution >= 4 is 5.91 Å². The van der Waals surface area contributed by atoms with Crippen molar-refractivity contribution in [3.05, 3.63) is 0 Å². The van der Waals surface area contributed by atoms with Gasteiger partial charge in [0.25, 0.3) is 5.91 Å². The van der Waals surface area contributed by atoms with E-state index in [0.29, 0.717) is 6.61 Å². The van der Waals surface area contributed by atoms with E-state index in [9.17, 15) is 4.79 Å². The largest absolute Gasteiger partial charge is 0.272 e. The molecular formula is C8H15NO2. The zero-order valence-electron chi connectivity index (χ0n) is 7.17. The molecule has 64 valence electrons. The van der Waals surface area contributed by atoms with Crippen LogP contribution in [0.1, 0.15) is 26.7 Å². The summed E-state index contributed by atoms with van der Waals surface area (Å²) >= 11 is 0. The molecule has 0 saturated carbocycles. The van der Waals surface area contributed by atoms with Gasteiger partial charge >= 0.3 is 0 Å². The first-order valence-corrected chi connectivity index (χ1v) is 4.20. The molecular weight excluding hydrogens is 142 g/mol. The van der Waals surface area contributed by atoms with E-state index in [0.717, 1.165) is 19.4 Å². The second kappa shape index (κ2) is 3.72. The second-order valence-corrected chi connectivity index (χ2v) is 2.99. The first-order valence-electron chi connectivity index (χ1n) is 4.20. The van der Waals surface area contributed by atoms with Crippen LogP contribution in [0.25, 0.3) is 0 Å². The summed E-state index contributed by atoms with van der Waals surface area (Å²) in [6.07, 6.45) is 2.13.